The molecule has 0 bridgehead atoms. The first-order valence-corrected chi connectivity index (χ1v) is 4.81. The van der Waals surface area contributed by atoms with E-state index >= 15 is 0 Å². The average Bonchev–Trinajstić information content (AvgIpc) is 2.29. The summed E-state index contributed by atoms with van der Waals surface area (Å²) in [6, 6.07) is 3.89. The van der Waals surface area contributed by atoms with E-state index in [2.05, 4.69) is 15.5 Å². The molecule has 1 aromatic heterocycles. The number of rotatable bonds is 5. The van der Waals surface area contributed by atoms with E-state index < -0.39 is 0 Å². The zero-order valence-corrected chi connectivity index (χ0v) is 8.72. The topological polar surface area (TPSA) is 83.5 Å². The number of nitrogens with two attached hydrogens (primary N) is 1. The van der Waals surface area contributed by atoms with Gasteiger partial charge in [0.25, 0.3) is 0 Å². The minimum absolute atomic E-state index is 0.0248. The standard InChI is InChI=1S/C10H16N4O/c1-8(10(11)14-15)6-13-7-9-2-4-12-5-3-9/h2-5,8,13,15H,6-7H2,1H3,(H2,11,14). The van der Waals surface area contributed by atoms with Crippen LogP contribution in [0.1, 0.15) is 12.5 Å². The molecular formula is C10H16N4O. The third kappa shape index (κ3) is 3.95. The molecule has 0 aromatic carbocycles. The van der Waals surface area contributed by atoms with Gasteiger partial charge in [0.05, 0.1) is 0 Å². The molecular weight excluding hydrogens is 192 g/mol. The highest BCUT2D eigenvalue weighted by Gasteiger charge is 2.06. The van der Waals surface area contributed by atoms with E-state index in [1.807, 2.05) is 19.1 Å². The van der Waals surface area contributed by atoms with E-state index in [0.29, 0.717) is 6.54 Å². The van der Waals surface area contributed by atoms with Crippen LogP contribution < -0.4 is 11.1 Å². The minimum atomic E-state index is 0.0248. The second-order valence-electron chi connectivity index (χ2n) is 3.41. The first-order chi connectivity index (χ1) is 7.24. The van der Waals surface area contributed by atoms with Gasteiger partial charge in [-0.25, -0.2) is 0 Å². The van der Waals surface area contributed by atoms with Crippen LogP contribution in [0.3, 0.4) is 0 Å². The molecule has 82 valence electrons. The van der Waals surface area contributed by atoms with Crippen molar-refractivity contribution in [2.24, 2.45) is 16.8 Å². The summed E-state index contributed by atoms with van der Waals surface area (Å²) in [5.41, 5.74) is 6.61. The Hall–Kier alpha value is -1.62. The van der Waals surface area contributed by atoms with Crippen molar-refractivity contribution in [2.45, 2.75) is 13.5 Å². The Morgan fingerprint density at radius 2 is 2.27 bits per heavy atom. The van der Waals surface area contributed by atoms with Crippen LogP contribution in [-0.2, 0) is 6.54 Å². The molecule has 0 radical (unpaired) electrons. The molecule has 15 heavy (non-hydrogen) atoms. The Labute approximate surface area is 89.0 Å². The van der Waals surface area contributed by atoms with Crippen molar-refractivity contribution in [3.63, 3.8) is 0 Å². The van der Waals surface area contributed by atoms with Crippen molar-refractivity contribution in [1.82, 2.24) is 10.3 Å². The molecule has 1 atom stereocenters. The molecule has 0 amide bonds. The summed E-state index contributed by atoms with van der Waals surface area (Å²) in [6.07, 6.45) is 3.51. The lowest BCUT2D eigenvalue weighted by molar-refractivity contribution is 0.314. The second-order valence-corrected chi connectivity index (χ2v) is 3.41. The predicted octanol–water partition coefficient (Wildman–Crippen LogP) is 0.554. The molecule has 0 saturated heterocycles. The largest absolute Gasteiger partial charge is 0.409 e. The third-order valence-electron chi connectivity index (χ3n) is 2.15. The molecule has 0 aliphatic carbocycles. The molecule has 1 aromatic rings. The van der Waals surface area contributed by atoms with Crippen molar-refractivity contribution in [3.05, 3.63) is 30.1 Å². The van der Waals surface area contributed by atoms with Crippen LogP contribution in [-0.4, -0.2) is 22.6 Å². The van der Waals surface area contributed by atoms with Gasteiger partial charge in [0.15, 0.2) is 0 Å². The fourth-order valence-corrected chi connectivity index (χ4v) is 1.14. The summed E-state index contributed by atoms with van der Waals surface area (Å²) in [5.74, 6) is 0.272. The van der Waals surface area contributed by atoms with E-state index in [4.69, 9.17) is 10.9 Å². The first kappa shape index (κ1) is 11.5. The third-order valence-corrected chi connectivity index (χ3v) is 2.15. The summed E-state index contributed by atoms with van der Waals surface area (Å²) in [5, 5.41) is 14.6. The van der Waals surface area contributed by atoms with Crippen LogP contribution in [0.5, 0.6) is 0 Å². The van der Waals surface area contributed by atoms with E-state index in [-0.39, 0.29) is 11.8 Å². The van der Waals surface area contributed by atoms with Crippen LogP contribution >= 0.6 is 0 Å². The van der Waals surface area contributed by atoms with E-state index in [0.717, 1.165) is 12.1 Å². The van der Waals surface area contributed by atoms with Crippen molar-refractivity contribution in [3.8, 4) is 0 Å². The normalized spacial score (nSPS) is 13.8. The number of oxime groups is 1. The molecule has 1 rings (SSSR count). The predicted molar refractivity (Wildman–Crippen MR) is 58.5 cm³/mol. The van der Waals surface area contributed by atoms with Gasteiger partial charge >= 0.3 is 0 Å². The monoisotopic (exact) mass is 208 g/mol. The van der Waals surface area contributed by atoms with Gasteiger partial charge in [-0.3, -0.25) is 4.98 Å². The number of amidine groups is 1. The van der Waals surface area contributed by atoms with Crippen LogP contribution in [0.2, 0.25) is 0 Å². The summed E-state index contributed by atoms with van der Waals surface area (Å²) in [6.45, 7) is 3.33. The Morgan fingerprint density at radius 3 is 2.87 bits per heavy atom. The van der Waals surface area contributed by atoms with Gasteiger partial charge in [-0.05, 0) is 17.7 Å². The van der Waals surface area contributed by atoms with Gasteiger partial charge in [-0.2, -0.15) is 0 Å². The van der Waals surface area contributed by atoms with Gasteiger partial charge in [0, 0.05) is 31.4 Å². The lowest BCUT2D eigenvalue weighted by Crippen LogP contribution is -2.31. The van der Waals surface area contributed by atoms with Crippen LogP contribution in [0.15, 0.2) is 29.7 Å². The first-order valence-electron chi connectivity index (χ1n) is 4.81. The highest BCUT2D eigenvalue weighted by Crippen LogP contribution is 1.97. The van der Waals surface area contributed by atoms with E-state index in [1.165, 1.54) is 0 Å². The van der Waals surface area contributed by atoms with Gasteiger partial charge in [0.1, 0.15) is 5.84 Å². The fraction of sp³-hybridized carbons (Fsp3) is 0.400. The quantitative estimate of drug-likeness (QED) is 0.285. The maximum atomic E-state index is 8.45. The average molecular weight is 208 g/mol. The van der Waals surface area contributed by atoms with Crippen molar-refractivity contribution >= 4 is 5.84 Å². The number of pyridine rings is 1. The molecule has 5 nitrogen and oxygen atoms in total. The Bertz CT molecular complexity index is 312. The fourth-order valence-electron chi connectivity index (χ4n) is 1.14. The Balaban J connectivity index is 2.28. The molecule has 1 heterocycles. The van der Waals surface area contributed by atoms with Crippen molar-refractivity contribution < 1.29 is 5.21 Å². The molecule has 5 heteroatoms. The maximum Gasteiger partial charge on any atom is 0.143 e. The number of nitrogens with zero attached hydrogens (tertiary/aromatic N) is 2. The van der Waals surface area contributed by atoms with Crippen LogP contribution in [0, 0.1) is 5.92 Å². The lowest BCUT2D eigenvalue weighted by atomic mass is 10.1. The summed E-state index contributed by atoms with van der Waals surface area (Å²) >= 11 is 0. The molecule has 0 fully saturated rings. The number of hydrogen-bond donors (Lipinski definition) is 3. The second kappa shape index (κ2) is 5.98. The zero-order chi connectivity index (χ0) is 11.1. The van der Waals surface area contributed by atoms with Gasteiger partial charge in [0.2, 0.25) is 0 Å². The summed E-state index contributed by atoms with van der Waals surface area (Å²) in [7, 11) is 0. The molecule has 0 spiro atoms. The highest BCUT2D eigenvalue weighted by atomic mass is 16.4. The molecule has 0 aliphatic heterocycles. The number of hydrogen-bond acceptors (Lipinski definition) is 4. The van der Waals surface area contributed by atoms with Crippen LogP contribution in [0.25, 0.3) is 0 Å². The van der Waals surface area contributed by atoms with Gasteiger partial charge in [-0.15, -0.1) is 0 Å². The maximum absolute atomic E-state index is 8.45. The minimum Gasteiger partial charge on any atom is -0.409 e. The number of aromatic nitrogens is 1. The van der Waals surface area contributed by atoms with Gasteiger partial charge < -0.3 is 16.3 Å². The zero-order valence-electron chi connectivity index (χ0n) is 8.72. The SMILES string of the molecule is CC(CNCc1ccncc1)C(N)=NO. The summed E-state index contributed by atoms with van der Waals surface area (Å²) < 4.78 is 0. The van der Waals surface area contributed by atoms with Crippen LogP contribution in [0.4, 0.5) is 0 Å². The smallest absolute Gasteiger partial charge is 0.143 e. The molecule has 1 unspecified atom stereocenters. The molecule has 4 N–H and O–H groups in total. The molecule has 0 saturated carbocycles. The van der Waals surface area contributed by atoms with Gasteiger partial charge in [-0.1, -0.05) is 12.1 Å². The highest BCUT2D eigenvalue weighted by molar-refractivity contribution is 5.82. The summed E-state index contributed by atoms with van der Waals surface area (Å²) in [4.78, 5) is 3.93. The Morgan fingerprint density at radius 1 is 1.60 bits per heavy atom. The number of nitrogens with one attached hydrogen (secondary N) is 1. The lowest BCUT2D eigenvalue weighted by Gasteiger charge is -2.10. The van der Waals surface area contributed by atoms with E-state index in [1.54, 1.807) is 12.4 Å². The Kier molecular flexibility index (Phi) is 4.56. The molecule has 0 aliphatic rings. The van der Waals surface area contributed by atoms with Crippen molar-refractivity contribution in [2.75, 3.05) is 6.54 Å². The van der Waals surface area contributed by atoms with E-state index in [9.17, 15) is 0 Å². The van der Waals surface area contributed by atoms with Crippen molar-refractivity contribution in [1.29, 1.82) is 0 Å².